The van der Waals surface area contributed by atoms with Gasteiger partial charge in [0.15, 0.2) is 0 Å². The molecule has 6 heteroatoms. The molecule has 0 N–H and O–H groups in total. The highest BCUT2D eigenvalue weighted by Crippen LogP contribution is 2.22. The van der Waals surface area contributed by atoms with E-state index in [1.807, 2.05) is 31.2 Å². The molecule has 0 aliphatic rings. The van der Waals surface area contributed by atoms with Crippen molar-refractivity contribution in [1.29, 1.82) is 0 Å². The van der Waals surface area contributed by atoms with E-state index < -0.39 is 16.0 Å². The molecule has 26 heavy (non-hydrogen) atoms. The smallest absolute Gasteiger partial charge is 0.338 e. The maximum Gasteiger partial charge on any atom is 0.338 e. The Labute approximate surface area is 155 Å². The minimum atomic E-state index is -3.63. The highest BCUT2D eigenvalue weighted by atomic mass is 32.2. The van der Waals surface area contributed by atoms with Gasteiger partial charge in [-0.3, -0.25) is 0 Å². The maximum absolute atomic E-state index is 12.8. The number of aryl methyl sites for hydroxylation is 2. The fourth-order valence-corrected chi connectivity index (χ4v) is 4.33. The Kier molecular flexibility index (Phi) is 6.56. The summed E-state index contributed by atoms with van der Waals surface area (Å²) in [7, 11) is -3.63. The zero-order chi connectivity index (χ0) is 19.3. The van der Waals surface area contributed by atoms with Crippen molar-refractivity contribution < 1.29 is 17.9 Å². The van der Waals surface area contributed by atoms with Crippen LogP contribution in [0.3, 0.4) is 0 Å². The lowest BCUT2D eigenvalue weighted by atomic mass is 10.1. The molecule has 5 nitrogen and oxygen atoms in total. The monoisotopic (exact) mass is 375 g/mol. The molecular weight excluding hydrogens is 350 g/mol. The van der Waals surface area contributed by atoms with Crippen LogP contribution in [0.25, 0.3) is 0 Å². The Morgan fingerprint density at radius 2 is 1.62 bits per heavy atom. The van der Waals surface area contributed by atoms with Gasteiger partial charge in [-0.1, -0.05) is 49.7 Å². The van der Waals surface area contributed by atoms with Crippen LogP contribution in [0, 0.1) is 13.8 Å². The predicted octanol–water partition coefficient (Wildman–Crippen LogP) is 3.69. The summed E-state index contributed by atoms with van der Waals surface area (Å²) in [6, 6.07) is 12.3. The number of ether oxygens (including phenoxy) is 1. The van der Waals surface area contributed by atoms with E-state index in [-0.39, 0.29) is 17.1 Å². The summed E-state index contributed by atoms with van der Waals surface area (Å²) in [5.41, 5.74) is 2.84. The van der Waals surface area contributed by atoms with E-state index in [0.29, 0.717) is 18.7 Å². The number of hydrogen-bond acceptors (Lipinski definition) is 4. The lowest BCUT2D eigenvalue weighted by Crippen LogP contribution is -2.31. The Bertz CT molecular complexity index is 869. The van der Waals surface area contributed by atoms with Gasteiger partial charge < -0.3 is 4.74 Å². The third-order valence-corrected chi connectivity index (χ3v) is 6.43. The van der Waals surface area contributed by atoms with Gasteiger partial charge in [0.2, 0.25) is 10.0 Å². The zero-order valence-corrected chi connectivity index (χ0v) is 16.5. The molecule has 0 unspecified atom stereocenters. The highest BCUT2D eigenvalue weighted by Gasteiger charge is 2.25. The SMILES string of the molecule is CCN(CC)S(=O)(=O)c1cc(C(=O)OCc2ccc(C)cc2)ccc1C. The Morgan fingerprint density at radius 1 is 1.00 bits per heavy atom. The number of carbonyl (C=O) groups is 1. The minimum Gasteiger partial charge on any atom is -0.457 e. The fourth-order valence-electron chi connectivity index (χ4n) is 2.62. The summed E-state index contributed by atoms with van der Waals surface area (Å²) < 4.78 is 32.2. The molecule has 0 aliphatic heterocycles. The van der Waals surface area contributed by atoms with Gasteiger partial charge in [-0.2, -0.15) is 4.31 Å². The second-order valence-corrected chi connectivity index (χ2v) is 8.04. The molecule has 0 amide bonds. The Balaban J connectivity index is 2.22. The molecule has 0 radical (unpaired) electrons. The number of benzene rings is 2. The first-order valence-corrected chi connectivity index (χ1v) is 10.1. The van der Waals surface area contributed by atoms with Crippen molar-refractivity contribution in [3.05, 3.63) is 64.7 Å². The number of sulfonamides is 1. The quantitative estimate of drug-likeness (QED) is 0.693. The van der Waals surface area contributed by atoms with Crippen molar-refractivity contribution in [3.63, 3.8) is 0 Å². The van der Waals surface area contributed by atoms with E-state index in [1.165, 1.54) is 10.4 Å². The van der Waals surface area contributed by atoms with E-state index in [0.717, 1.165) is 11.1 Å². The number of hydrogen-bond donors (Lipinski definition) is 0. The van der Waals surface area contributed by atoms with Crippen LogP contribution >= 0.6 is 0 Å². The molecular formula is C20H25NO4S. The number of rotatable bonds is 7. The summed E-state index contributed by atoms with van der Waals surface area (Å²) in [5.74, 6) is -0.540. The van der Waals surface area contributed by atoms with Crippen LogP contribution in [0.5, 0.6) is 0 Å². The Morgan fingerprint density at radius 3 is 2.19 bits per heavy atom. The maximum atomic E-state index is 12.8. The number of nitrogens with zero attached hydrogens (tertiary/aromatic N) is 1. The largest absolute Gasteiger partial charge is 0.457 e. The summed E-state index contributed by atoms with van der Waals surface area (Å²) >= 11 is 0. The summed E-state index contributed by atoms with van der Waals surface area (Å²) in [6.07, 6.45) is 0. The van der Waals surface area contributed by atoms with Gasteiger partial charge in [-0.25, -0.2) is 13.2 Å². The fraction of sp³-hybridized carbons (Fsp3) is 0.350. The van der Waals surface area contributed by atoms with Gasteiger partial charge in [-0.05, 0) is 37.1 Å². The molecule has 0 spiro atoms. The van der Waals surface area contributed by atoms with Crippen molar-refractivity contribution >= 4 is 16.0 Å². The van der Waals surface area contributed by atoms with Crippen molar-refractivity contribution in [2.24, 2.45) is 0 Å². The molecule has 0 heterocycles. The van der Waals surface area contributed by atoms with Crippen LogP contribution in [0.15, 0.2) is 47.4 Å². The molecule has 0 saturated heterocycles. The third kappa shape index (κ3) is 4.51. The molecule has 2 aromatic rings. The van der Waals surface area contributed by atoms with Crippen molar-refractivity contribution in [3.8, 4) is 0 Å². The molecule has 0 aromatic heterocycles. The van der Waals surface area contributed by atoms with Crippen molar-refractivity contribution in [1.82, 2.24) is 4.31 Å². The van der Waals surface area contributed by atoms with Crippen LogP contribution in [0.4, 0.5) is 0 Å². The first kappa shape index (κ1) is 20.1. The van der Waals surface area contributed by atoms with E-state index in [1.54, 1.807) is 32.9 Å². The molecule has 0 bridgehead atoms. The van der Waals surface area contributed by atoms with E-state index in [2.05, 4.69) is 0 Å². The van der Waals surface area contributed by atoms with Crippen LogP contribution in [-0.2, 0) is 21.4 Å². The van der Waals surface area contributed by atoms with Crippen molar-refractivity contribution in [2.45, 2.75) is 39.2 Å². The van der Waals surface area contributed by atoms with E-state index >= 15 is 0 Å². The van der Waals surface area contributed by atoms with Gasteiger partial charge in [-0.15, -0.1) is 0 Å². The highest BCUT2D eigenvalue weighted by molar-refractivity contribution is 7.89. The topological polar surface area (TPSA) is 63.7 Å². The summed E-state index contributed by atoms with van der Waals surface area (Å²) in [5, 5.41) is 0. The molecule has 0 fully saturated rings. The number of carbonyl (C=O) groups excluding carboxylic acids is 1. The van der Waals surface area contributed by atoms with Crippen LogP contribution in [0.1, 0.15) is 40.9 Å². The van der Waals surface area contributed by atoms with Crippen LogP contribution < -0.4 is 0 Å². The molecule has 140 valence electrons. The summed E-state index contributed by atoms with van der Waals surface area (Å²) in [6.45, 7) is 8.18. The normalized spacial score (nSPS) is 11.6. The first-order valence-electron chi connectivity index (χ1n) is 8.63. The first-order chi connectivity index (χ1) is 12.3. The molecule has 0 aliphatic carbocycles. The van der Waals surface area contributed by atoms with Crippen LogP contribution in [0.2, 0.25) is 0 Å². The van der Waals surface area contributed by atoms with Gasteiger partial charge in [0.1, 0.15) is 6.61 Å². The van der Waals surface area contributed by atoms with Gasteiger partial charge in [0.25, 0.3) is 0 Å². The minimum absolute atomic E-state index is 0.144. The number of esters is 1. The molecule has 0 saturated carbocycles. The standard InChI is InChI=1S/C20H25NO4S/c1-5-21(6-2)26(23,24)19-13-18(12-9-16(19)4)20(22)25-14-17-10-7-15(3)8-11-17/h7-13H,5-6,14H2,1-4H3. The lowest BCUT2D eigenvalue weighted by molar-refractivity contribution is 0.0472. The molecule has 0 atom stereocenters. The average Bonchev–Trinajstić information content (AvgIpc) is 2.62. The Hall–Kier alpha value is -2.18. The van der Waals surface area contributed by atoms with Gasteiger partial charge >= 0.3 is 5.97 Å². The summed E-state index contributed by atoms with van der Waals surface area (Å²) in [4.78, 5) is 12.5. The van der Waals surface area contributed by atoms with Crippen LogP contribution in [-0.4, -0.2) is 31.8 Å². The van der Waals surface area contributed by atoms with E-state index in [9.17, 15) is 13.2 Å². The average molecular weight is 375 g/mol. The third-order valence-electron chi connectivity index (χ3n) is 4.24. The van der Waals surface area contributed by atoms with Gasteiger partial charge in [0.05, 0.1) is 10.5 Å². The predicted molar refractivity (Wildman–Crippen MR) is 102 cm³/mol. The van der Waals surface area contributed by atoms with Gasteiger partial charge in [0, 0.05) is 13.1 Å². The van der Waals surface area contributed by atoms with Crippen molar-refractivity contribution in [2.75, 3.05) is 13.1 Å². The lowest BCUT2D eigenvalue weighted by Gasteiger charge is -2.20. The van der Waals surface area contributed by atoms with E-state index in [4.69, 9.17) is 4.74 Å². The second-order valence-electron chi connectivity index (χ2n) is 6.13. The molecule has 2 aromatic carbocycles. The second kappa shape index (κ2) is 8.47. The molecule has 2 rings (SSSR count). The zero-order valence-electron chi connectivity index (χ0n) is 15.7.